The van der Waals surface area contributed by atoms with Crippen LogP contribution in [0.1, 0.15) is 10.5 Å². The third-order valence-electron chi connectivity index (χ3n) is 3.75. The highest BCUT2D eigenvalue weighted by Gasteiger charge is 2.31. The van der Waals surface area contributed by atoms with Crippen molar-refractivity contribution in [2.75, 3.05) is 12.1 Å². The van der Waals surface area contributed by atoms with E-state index in [1.165, 1.54) is 18.2 Å². The molecule has 3 aromatic rings. The van der Waals surface area contributed by atoms with Crippen molar-refractivity contribution in [3.05, 3.63) is 54.2 Å². The van der Waals surface area contributed by atoms with Gasteiger partial charge in [0.1, 0.15) is 5.75 Å². The Balaban J connectivity index is 1.44. The number of rotatable bonds is 4. The van der Waals surface area contributed by atoms with E-state index in [4.69, 9.17) is 14.0 Å². The number of hydrogen-bond donors (Lipinski definition) is 1. The van der Waals surface area contributed by atoms with Crippen LogP contribution in [0, 0.1) is 0 Å². The number of aromatic nitrogens is 1. The van der Waals surface area contributed by atoms with Crippen molar-refractivity contribution in [3.8, 4) is 28.6 Å². The summed E-state index contributed by atoms with van der Waals surface area (Å²) in [6.07, 6.45) is -4.78. The molecule has 0 saturated carbocycles. The van der Waals surface area contributed by atoms with Gasteiger partial charge in [0, 0.05) is 17.3 Å². The summed E-state index contributed by atoms with van der Waals surface area (Å²) in [5.41, 5.74) is 0.917. The molecule has 0 spiro atoms. The van der Waals surface area contributed by atoms with E-state index in [1.54, 1.807) is 18.2 Å². The number of nitrogens with zero attached hydrogens (tertiary/aromatic N) is 1. The summed E-state index contributed by atoms with van der Waals surface area (Å²) in [7, 11) is 0. The van der Waals surface area contributed by atoms with Crippen LogP contribution in [0.4, 0.5) is 18.9 Å². The Morgan fingerprint density at radius 2 is 1.79 bits per heavy atom. The lowest BCUT2D eigenvalue weighted by Crippen LogP contribution is -2.17. The summed E-state index contributed by atoms with van der Waals surface area (Å²) in [4.78, 5) is 12.3. The third kappa shape index (κ3) is 3.85. The maximum atomic E-state index is 12.3. The molecule has 28 heavy (non-hydrogen) atoms. The first-order chi connectivity index (χ1) is 13.4. The predicted molar refractivity (Wildman–Crippen MR) is 89.1 cm³/mol. The molecule has 0 saturated heterocycles. The Kier molecular flexibility index (Phi) is 4.30. The van der Waals surface area contributed by atoms with Gasteiger partial charge in [0.2, 0.25) is 6.79 Å². The molecule has 2 aromatic carbocycles. The van der Waals surface area contributed by atoms with Crippen LogP contribution >= 0.6 is 0 Å². The molecule has 0 radical (unpaired) electrons. The second-order valence-electron chi connectivity index (χ2n) is 5.67. The average molecular weight is 392 g/mol. The number of nitrogens with one attached hydrogen (secondary N) is 1. The largest absolute Gasteiger partial charge is 0.573 e. The van der Waals surface area contributed by atoms with Gasteiger partial charge >= 0.3 is 6.36 Å². The van der Waals surface area contributed by atoms with E-state index in [0.29, 0.717) is 22.8 Å². The first-order valence-corrected chi connectivity index (χ1v) is 7.91. The highest BCUT2D eigenvalue weighted by atomic mass is 19.4. The first kappa shape index (κ1) is 17.7. The Morgan fingerprint density at radius 3 is 2.54 bits per heavy atom. The van der Waals surface area contributed by atoms with E-state index in [-0.39, 0.29) is 18.2 Å². The van der Waals surface area contributed by atoms with Crippen molar-refractivity contribution in [3.63, 3.8) is 0 Å². The predicted octanol–water partition coefficient (Wildman–Crippen LogP) is 4.22. The van der Waals surface area contributed by atoms with Crippen LogP contribution in [0.15, 0.2) is 53.1 Å². The zero-order chi connectivity index (χ0) is 19.7. The van der Waals surface area contributed by atoms with Crippen LogP contribution in [0.3, 0.4) is 0 Å². The summed E-state index contributed by atoms with van der Waals surface area (Å²) in [6.45, 7) is 0.135. The molecule has 0 aliphatic carbocycles. The molecule has 2 heterocycles. The number of ether oxygens (including phenoxy) is 3. The van der Waals surface area contributed by atoms with E-state index in [2.05, 4.69) is 15.2 Å². The number of fused-ring (bicyclic) bond motifs is 1. The molecule has 144 valence electrons. The lowest BCUT2D eigenvalue weighted by Gasteiger charge is -2.09. The maximum absolute atomic E-state index is 12.3. The second kappa shape index (κ2) is 6.80. The Bertz CT molecular complexity index is 1010. The Labute approximate surface area is 155 Å². The standard InChI is InChI=1S/C18H11F3N2O5/c19-18(20,21)27-12-4-2-11(3-5-12)22-17(24)13-8-15(28-23-13)10-1-6-14-16(7-10)26-9-25-14/h1-8H,9H2,(H,22,24). The monoisotopic (exact) mass is 392 g/mol. The van der Waals surface area contributed by atoms with Gasteiger partial charge in [0.25, 0.3) is 5.91 Å². The lowest BCUT2D eigenvalue weighted by molar-refractivity contribution is -0.274. The topological polar surface area (TPSA) is 82.8 Å². The summed E-state index contributed by atoms with van der Waals surface area (Å²) >= 11 is 0. The number of anilines is 1. The van der Waals surface area contributed by atoms with Crippen molar-refractivity contribution in [2.24, 2.45) is 0 Å². The van der Waals surface area contributed by atoms with E-state index in [1.807, 2.05) is 0 Å². The van der Waals surface area contributed by atoms with Gasteiger partial charge in [0.05, 0.1) is 0 Å². The van der Waals surface area contributed by atoms with Crippen molar-refractivity contribution in [1.29, 1.82) is 0 Å². The minimum absolute atomic E-state index is 0.00304. The van der Waals surface area contributed by atoms with E-state index in [0.717, 1.165) is 12.1 Å². The van der Waals surface area contributed by atoms with Gasteiger partial charge in [0.15, 0.2) is 23.0 Å². The highest BCUT2D eigenvalue weighted by molar-refractivity contribution is 6.03. The van der Waals surface area contributed by atoms with Gasteiger partial charge in [-0.3, -0.25) is 4.79 Å². The van der Waals surface area contributed by atoms with E-state index in [9.17, 15) is 18.0 Å². The summed E-state index contributed by atoms with van der Waals surface area (Å²) in [6, 6.07) is 11.3. The fourth-order valence-electron chi connectivity index (χ4n) is 2.50. The lowest BCUT2D eigenvalue weighted by atomic mass is 10.1. The van der Waals surface area contributed by atoms with Crippen molar-refractivity contribution < 1.29 is 36.7 Å². The number of hydrogen-bond acceptors (Lipinski definition) is 6. The molecule has 4 rings (SSSR count). The summed E-state index contributed by atoms with van der Waals surface area (Å²) < 4.78 is 56.0. The summed E-state index contributed by atoms with van der Waals surface area (Å²) in [5, 5.41) is 6.23. The number of carbonyl (C=O) groups is 1. The minimum Gasteiger partial charge on any atom is -0.454 e. The summed E-state index contributed by atoms with van der Waals surface area (Å²) in [5.74, 6) is 0.537. The van der Waals surface area contributed by atoms with Crippen LogP contribution < -0.4 is 19.5 Å². The van der Waals surface area contributed by atoms with Crippen molar-refractivity contribution in [2.45, 2.75) is 6.36 Å². The van der Waals surface area contributed by atoms with Crippen molar-refractivity contribution in [1.82, 2.24) is 5.16 Å². The molecule has 7 nitrogen and oxygen atoms in total. The normalized spacial score (nSPS) is 12.7. The van der Waals surface area contributed by atoms with Crippen LogP contribution in [0.5, 0.6) is 17.2 Å². The van der Waals surface area contributed by atoms with E-state index >= 15 is 0 Å². The van der Waals surface area contributed by atoms with Crippen LogP contribution in [0.25, 0.3) is 11.3 Å². The van der Waals surface area contributed by atoms with Gasteiger partial charge in [-0.25, -0.2) is 0 Å². The van der Waals surface area contributed by atoms with Crippen LogP contribution in [0.2, 0.25) is 0 Å². The van der Waals surface area contributed by atoms with E-state index < -0.39 is 18.0 Å². The molecule has 10 heteroatoms. The Hall–Kier alpha value is -3.69. The number of benzene rings is 2. The zero-order valence-corrected chi connectivity index (χ0v) is 13.9. The number of halogens is 3. The molecule has 1 amide bonds. The third-order valence-corrected chi connectivity index (χ3v) is 3.75. The molecule has 1 aliphatic rings. The van der Waals surface area contributed by atoms with Crippen LogP contribution in [-0.2, 0) is 0 Å². The molecule has 0 bridgehead atoms. The fourth-order valence-corrected chi connectivity index (χ4v) is 2.50. The molecule has 0 atom stereocenters. The SMILES string of the molecule is O=C(Nc1ccc(OC(F)(F)F)cc1)c1cc(-c2ccc3c(c2)OCO3)on1. The van der Waals surface area contributed by atoms with Gasteiger partial charge < -0.3 is 24.1 Å². The van der Waals surface area contributed by atoms with Gasteiger partial charge in [-0.1, -0.05) is 5.16 Å². The van der Waals surface area contributed by atoms with Crippen LogP contribution in [-0.4, -0.2) is 24.2 Å². The Morgan fingerprint density at radius 1 is 1.04 bits per heavy atom. The molecule has 0 fully saturated rings. The second-order valence-corrected chi connectivity index (χ2v) is 5.67. The maximum Gasteiger partial charge on any atom is 0.573 e. The van der Waals surface area contributed by atoms with Gasteiger partial charge in [-0.05, 0) is 42.5 Å². The number of alkyl halides is 3. The molecule has 0 unspecified atom stereocenters. The van der Waals surface area contributed by atoms with Gasteiger partial charge in [-0.15, -0.1) is 13.2 Å². The van der Waals surface area contributed by atoms with Gasteiger partial charge in [-0.2, -0.15) is 0 Å². The number of carbonyl (C=O) groups excluding carboxylic acids is 1. The van der Waals surface area contributed by atoms with Crippen molar-refractivity contribution >= 4 is 11.6 Å². The molecule has 1 N–H and O–H groups in total. The number of amides is 1. The average Bonchev–Trinajstić information content (AvgIpc) is 3.30. The molecule has 1 aliphatic heterocycles. The quantitative estimate of drug-likeness (QED) is 0.716. The first-order valence-electron chi connectivity index (χ1n) is 7.91. The molecular weight excluding hydrogens is 381 g/mol. The smallest absolute Gasteiger partial charge is 0.454 e. The highest BCUT2D eigenvalue weighted by Crippen LogP contribution is 2.36. The fraction of sp³-hybridized carbons (Fsp3) is 0.111. The zero-order valence-electron chi connectivity index (χ0n) is 13.9. The molecule has 1 aromatic heterocycles. The minimum atomic E-state index is -4.78. The molecular formula is C18H11F3N2O5.